The van der Waals surface area contributed by atoms with Crippen molar-refractivity contribution < 1.29 is 17.6 Å². The smallest absolute Gasteiger partial charge is 0.241 e. The molecule has 1 fully saturated rings. The van der Waals surface area contributed by atoms with Crippen molar-refractivity contribution in [1.82, 2.24) is 4.90 Å². The van der Waals surface area contributed by atoms with Crippen molar-refractivity contribution >= 4 is 21.4 Å². The van der Waals surface area contributed by atoms with Crippen LogP contribution in [0.15, 0.2) is 53.1 Å². The molecule has 0 aliphatic carbocycles. The summed E-state index contributed by atoms with van der Waals surface area (Å²) in [4.78, 5) is 16.8. The second-order valence-electron chi connectivity index (χ2n) is 7.23. The average Bonchev–Trinajstić information content (AvgIpc) is 3.12. The minimum absolute atomic E-state index is 0.0161. The first-order valence-electron chi connectivity index (χ1n) is 9.18. The molecule has 1 aliphatic heterocycles. The van der Waals surface area contributed by atoms with Crippen LogP contribution in [0.3, 0.4) is 0 Å². The van der Waals surface area contributed by atoms with Crippen LogP contribution in [-0.2, 0) is 21.2 Å². The van der Waals surface area contributed by atoms with Gasteiger partial charge in [-0.1, -0.05) is 18.2 Å². The lowest BCUT2D eigenvalue weighted by Crippen LogP contribution is -2.45. The van der Waals surface area contributed by atoms with Crippen LogP contribution in [0.4, 0.5) is 5.69 Å². The molecular formula is C20H26N2O4S. The Morgan fingerprint density at radius 2 is 2.00 bits per heavy atom. The molecule has 1 aliphatic rings. The predicted molar refractivity (Wildman–Crippen MR) is 105 cm³/mol. The number of benzene rings is 1. The zero-order valence-corrected chi connectivity index (χ0v) is 16.4. The van der Waals surface area contributed by atoms with Crippen molar-refractivity contribution in [2.24, 2.45) is 5.92 Å². The summed E-state index contributed by atoms with van der Waals surface area (Å²) >= 11 is 0. The van der Waals surface area contributed by atoms with Gasteiger partial charge < -0.3 is 9.32 Å². The molecule has 1 saturated heterocycles. The van der Waals surface area contributed by atoms with Gasteiger partial charge in [-0.3, -0.25) is 9.69 Å². The standard InChI is InChI=1S/C20H26N2O4S/c1-27(24,25)16-17-7-5-11-21(13-17)15-20(23)22(14-19-10-6-12-26-19)18-8-3-2-4-9-18/h2-4,6,8-10,12,17H,5,7,11,13-16H2,1H3/t17-/m0/s1. The second kappa shape index (κ2) is 8.71. The minimum Gasteiger partial charge on any atom is -0.467 e. The van der Waals surface area contributed by atoms with Crippen molar-refractivity contribution in [3.05, 3.63) is 54.5 Å². The van der Waals surface area contributed by atoms with E-state index in [2.05, 4.69) is 4.90 Å². The van der Waals surface area contributed by atoms with Crippen LogP contribution < -0.4 is 4.90 Å². The molecule has 7 heteroatoms. The summed E-state index contributed by atoms with van der Waals surface area (Å²) in [5.74, 6) is 0.988. The number of hydrogen-bond acceptors (Lipinski definition) is 5. The summed E-state index contributed by atoms with van der Waals surface area (Å²) in [5.41, 5.74) is 0.823. The number of amides is 1. The van der Waals surface area contributed by atoms with E-state index in [1.807, 2.05) is 42.5 Å². The molecule has 0 N–H and O–H groups in total. The summed E-state index contributed by atoms with van der Waals surface area (Å²) in [5, 5.41) is 0. The Morgan fingerprint density at radius 1 is 1.22 bits per heavy atom. The monoisotopic (exact) mass is 390 g/mol. The molecule has 1 atom stereocenters. The summed E-state index contributed by atoms with van der Waals surface area (Å²) in [6, 6.07) is 13.2. The van der Waals surface area contributed by atoms with Gasteiger partial charge in [-0.15, -0.1) is 0 Å². The summed E-state index contributed by atoms with van der Waals surface area (Å²) in [6.45, 7) is 2.10. The van der Waals surface area contributed by atoms with Gasteiger partial charge in [-0.25, -0.2) is 8.42 Å². The zero-order valence-electron chi connectivity index (χ0n) is 15.6. The average molecular weight is 391 g/mol. The summed E-state index contributed by atoms with van der Waals surface area (Å²) < 4.78 is 28.6. The zero-order chi connectivity index (χ0) is 19.3. The molecule has 2 heterocycles. The van der Waals surface area contributed by atoms with Gasteiger partial charge in [0, 0.05) is 18.5 Å². The first kappa shape index (κ1) is 19.6. The number of rotatable bonds is 7. The highest BCUT2D eigenvalue weighted by Gasteiger charge is 2.26. The van der Waals surface area contributed by atoms with Crippen LogP contribution in [0.2, 0.25) is 0 Å². The van der Waals surface area contributed by atoms with Crippen molar-refractivity contribution in [1.29, 1.82) is 0 Å². The molecule has 0 radical (unpaired) electrons. The predicted octanol–water partition coefficient (Wildman–Crippen LogP) is 2.57. The van der Waals surface area contributed by atoms with E-state index < -0.39 is 9.84 Å². The van der Waals surface area contributed by atoms with Crippen LogP contribution in [0.25, 0.3) is 0 Å². The van der Waals surface area contributed by atoms with E-state index in [0.29, 0.717) is 13.1 Å². The third kappa shape index (κ3) is 5.94. The number of anilines is 1. The van der Waals surface area contributed by atoms with Crippen molar-refractivity contribution in [3.8, 4) is 0 Å². The normalized spacial score (nSPS) is 18.3. The lowest BCUT2D eigenvalue weighted by molar-refractivity contribution is -0.120. The van der Waals surface area contributed by atoms with E-state index in [9.17, 15) is 13.2 Å². The number of sulfone groups is 1. The minimum atomic E-state index is -3.00. The quantitative estimate of drug-likeness (QED) is 0.727. The highest BCUT2D eigenvalue weighted by Crippen LogP contribution is 2.21. The van der Waals surface area contributed by atoms with Crippen molar-refractivity contribution in [3.63, 3.8) is 0 Å². The molecule has 27 heavy (non-hydrogen) atoms. The number of nitrogens with zero attached hydrogens (tertiary/aromatic N) is 2. The molecule has 1 aromatic carbocycles. The molecular weight excluding hydrogens is 364 g/mol. The number of furan rings is 1. The van der Waals surface area contributed by atoms with Gasteiger partial charge in [0.2, 0.25) is 5.91 Å². The first-order valence-corrected chi connectivity index (χ1v) is 11.2. The maximum atomic E-state index is 13.1. The molecule has 6 nitrogen and oxygen atoms in total. The first-order chi connectivity index (χ1) is 12.9. The summed E-state index contributed by atoms with van der Waals surface area (Å²) in [7, 11) is -3.00. The highest BCUT2D eigenvalue weighted by atomic mass is 32.2. The Hall–Kier alpha value is -2.12. The number of para-hydroxylation sites is 1. The van der Waals surface area contributed by atoms with Crippen molar-refractivity contribution in [2.75, 3.05) is 36.5 Å². The number of piperidine rings is 1. The fourth-order valence-corrected chi connectivity index (χ4v) is 4.75. The van der Waals surface area contributed by atoms with E-state index in [4.69, 9.17) is 4.42 Å². The summed E-state index contributed by atoms with van der Waals surface area (Å²) in [6.07, 6.45) is 4.69. The lowest BCUT2D eigenvalue weighted by Gasteiger charge is -2.33. The van der Waals surface area contributed by atoms with Gasteiger partial charge >= 0.3 is 0 Å². The third-order valence-corrected chi connectivity index (χ3v) is 5.84. The van der Waals surface area contributed by atoms with Crippen LogP contribution >= 0.6 is 0 Å². The van der Waals surface area contributed by atoms with Crippen LogP contribution in [0.5, 0.6) is 0 Å². The Balaban J connectivity index is 1.68. The maximum absolute atomic E-state index is 13.1. The van der Waals surface area contributed by atoms with E-state index in [1.165, 1.54) is 6.26 Å². The highest BCUT2D eigenvalue weighted by molar-refractivity contribution is 7.90. The molecule has 146 valence electrons. The van der Waals surface area contributed by atoms with Gasteiger partial charge in [0.05, 0.1) is 25.1 Å². The number of hydrogen-bond donors (Lipinski definition) is 0. The van der Waals surface area contributed by atoms with E-state index >= 15 is 0 Å². The molecule has 3 rings (SSSR count). The molecule has 0 bridgehead atoms. The molecule has 0 saturated carbocycles. The number of carbonyl (C=O) groups excluding carboxylic acids is 1. The Labute approximate surface area is 160 Å². The topological polar surface area (TPSA) is 70.8 Å². The van der Waals surface area contributed by atoms with Gasteiger partial charge in [0.25, 0.3) is 0 Å². The van der Waals surface area contributed by atoms with Gasteiger partial charge in [0.15, 0.2) is 0 Å². The molecule has 2 aromatic rings. The van der Waals surface area contributed by atoms with Gasteiger partial charge in [-0.05, 0) is 49.6 Å². The largest absolute Gasteiger partial charge is 0.467 e. The van der Waals surface area contributed by atoms with E-state index in [1.54, 1.807) is 11.2 Å². The van der Waals surface area contributed by atoms with Gasteiger partial charge in [0.1, 0.15) is 15.6 Å². The van der Waals surface area contributed by atoms with Crippen LogP contribution in [0, 0.1) is 5.92 Å². The molecule has 0 spiro atoms. The third-order valence-electron chi connectivity index (χ3n) is 4.76. The van der Waals surface area contributed by atoms with E-state index in [-0.39, 0.29) is 24.1 Å². The fourth-order valence-electron chi connectivity index (χ4n) is 3.63. The Morgan fingerprint density at radius 3 is 2.67 bits per heavy atom. The van der Waals surface area contributed by atoms with E-state index in [0.717, 1.165) is 30.8 Å². The van der Waals surface area contributed by atoms with Crippen LogP contribution in [-0.4, -0.2) is 50.9 Å². The fraction of sp³-hybridized carbons (Fsp3) is 0.450. The lowest BCUT2D eigenvalue weighted by atomic mass is 10.00. The molecule has 0 unspecified atom stereocenters. The maximum Gasteiger partial charge on any atom is 0.241 e. The second-order valence-corrected chi connectivity index (χ2v) is 9.42. The molecule has 1 amide bonds. The molecule has 1 aromatic heterocycles. The van der Waals surface area contributed by atoms with Gasteiger partial charge in [-0.2, -0.15) is 0 Å². The number of likely N-dealkylation sites (tertiary alicyclic amines) is 1. The Kier molecular flexibility index (Phi) is 6.34. The van der Waals surface area contributed by atoms with Crippen molar-refractivity contribution in [2.45, 2.75) is 19.4 Å². The van der Waals surface area contributed by atoms with Crippen LogP contribution in [0.1, 0.15) is 18.6 Å². The number of carbonyl (C=O) groups is 1. The Bertz CT molecular complexity index is 834. The SMILES string of the molecule is CS(=O)(=O)C[C@H]1CCCN(CC(=O)N(Cc2ccco2)c2ccccc2)C1.